The minimum atomic E-state index is -0.306. The van der Waals surface area contributed by atoms with E-state index in [-0.39, 0.29) is 24.2 Å². The highest BCUT2D eigenvalue weighted by molar-refractivity contribution is 5.95. The van der Waals surface area contributed by atoms with Crippen LogP contribution < -0.4 is 19.7 Å². The number of hydrogen-bond acceptors (Lipinski definition) is 4. The maximum Gasteiger partial charge on any atom is 0.262 e. The van der Waals surface area contributed by atoms with Crippen molar-refractivity contribution >= 4 is 23.2 Å². The van der Waals surface area contributed by atoms with Gasteiger partial charge in [-0.15, -0.1) is 0 Å². The van der Waals surface area contributed by atoms with Crippen molar-refractivity contribution in [1.82, 2.24) is 0 Å². The number of nitrogens with zero attached hydrogens (tertiary/aromatic N) is 1. The van der Waals surface area contributed by atoms with Crippen molar-refractivity contribution in [2.45, 2.75) is 19.4 Å². The first-order valence-corrected chi connectivity index (χ1v) is 10.4. The Bertz CT molecular complexity index is 1080. The van der Waals surface area contributed by atoms with Crippen molar-refractivity contribution in [2.75, 3.05) is 23.4 Å². The summed E-state index contributed by atoms with van der Waals surface area (Å²) in [6.45, 7) is 0.872. The first-order valence-electron chi connectivity index (χ1n) is 10.4. The van der Waals surface area contributed by atoms with Gasteiger partial charge in [0.05, 0.1) is 0 Å². The topological polar surface area (TPSA) is 67.9 Å². The second-order valence-electron chi connectivity index (χ2n) is 7.42. The molecule has 4 rings (SSSR count). The van der Waals surface area contributed by atoms with Crippen molar-refractivity contribution in [1.29, 1.82) is 0 Å². The summed E-state index contributed by atoms with van der Waals surface area (Å²) in [6, 6.07) is 20.2. The van der Waals surface area contributed by atoms with E-state index in [2.05, 4.69) is 5.32 Å². The number of rotatable bonds is 8. The average molecular weight is 434 g/mol. The van der Waals surface area contributed by atoms with Crippen molar-refractivity contribution in [3.63, 3.8) is 0 Å². The zero-order valence-electron chi connectivity index (χ0n) is 17.4. The molecule has 1 fully saturated rings. The predicted molar refractivity (Wildman–Crippen MR) is 119 cm³/mol. The lowest BCUT2D eigenvalue weighted by Gasteiger charge is -2.16. The van der Waals surface area contributed by atoms with Gasteiger partial charge in [-0.05, 0) is 60.5 Å². The van der Waals surface area contributed by atoms with E-state index < -0.39 is 0 Å². The molecule has 32 heavy (non-hydrogen) atoms. The number of anilines is 2. The number of amides is 2. The molecule has 7 heteroatoms. The Labute approximate surface area is 185 Å². The third-order valence-electron chi connectivity index (χ3n) is 5.03. The van der Waals surface area contributed by atoms with Gasteiger partial charge in [-0.2, -0.15) is 0 Å². The number of carbonyl (C=O) groups excluding carboxylic acids is 2. The van der Waals surface area contributed by atoms with E-state index in [0.29, 0.717) is 30.2 Å². The zero-order valence-corrected chi connectivity index (χ0v) is 17.4. The monoisotopic (exact) mass is 434 g/mol. The molecule has 0 aliphatic carbocycles. The SMILES string of the molecule is O=C(COc1ccc(N2CCCC2=O)cc1)Nc1cccc(OCc2ccc(F)cc2)c1. The van der Waals surface area contributed by atoms with Crippen LogP contribution in [0.5, 0.6) is 11.5 Å². The molecule has 0 aromatic heterocycles. The third-order valence-corrected chi connectivity index (χ3v) is 5.03. The lowest BCUT2D eigenvalue weighted by atomic mass is 10.2. The Kier molecular flexibility index (Phi) is 6.65. The van der Waals surface area contributed by atoms with Crippen LogP contribution in [-0.2, 0) is 16.2 Å². The lowest BCUT2D eigenvalue weighted by Crippen LogP contribution is -2.23. The van der Waals surface area contributed by atoms with Crippen LogP contribution in [0, 0.1) is 5.82 Å². The smallest absolute Gasteiger partial charge is 0.262 e. The molecular formula is C25H23FN2O4. The predicted octanol–water partition coefficient (Wildman–Crippen LogP) is 4.55. The van der Waals surface area contributed by atoms with Gasteiger partial charge in [0, 0.05) is 30.4 Å². The van der Waals surface area contributed by atoms with Gasteiger partial charge >= 0.3 is 0 Å². The van der Waals surface area contributed by atoms with Crippen molar-refractivity contribution in [3.05, 3.63) is 84.2 Å². The van der Waals surface area contributed by atoms with Gasteiger partial charge in [0.25, 0.3) is 5.91 Å². The van der Waals surface area contributed by atoms with E-state index in [0.717, 1.165) is 24.2 Å². The first kappa shape index (κ1) is 21.4. The summed E-state index contributed by atoms with van der Waals surface area (Å²) in [6.07, 6.45) is 1.45. The maximum absolute atomic E-state index is 13.0. The molecule has 0 radical (unpaired) electrons. The second kappa shape index (κ2) is 9.96. The molecule has 0 atom stereocenters. The van der Waals surface area contributed by atoms with E-state index in [9.17, 15) is 14.0 Å². The molecule has 6 nitrogen and oxygen atoms in total. The fourth-order valence-corrected chi connectivity index (χ4v) is 3.40. The van der Waals surface area contributed by atoms with Crippen LogP contribution in [0.3, 0.4) is 0 Å². The largest absolute Gasteiger partial charge is 0.489 e. The fourth-order valence-electron chi connectivity index (χ4n) is 3.40. The lowest BCUT2D eigenvalue weighted by molar-refractivity contribution is -0.118. The standard InChI is InChI=1S/C25H23FN2O4/c26-19-8-6-18(7-9-19)16-31-23-4-1-3-20(15-23)27-24(29)17-32-22-12-10-21(11-13-22)28-14-2-5-25(28)30/h1,3-4,6-13,15H,2,5,14,16-17H2,(H,27,29). The summed E-state index contributed by atoms with van der Waals surface area (Å²) in [5.74, 6) is 0.659. The highest BCUT2D eigenvalue weighted by atomic mass is 19.1. The van der Waals surface area contributed by atoms with E-state index in [4.69, 9.17) is 9.47 Å². The average Bonchev–Trinajstić information content (AvgIpc) is 3.24. The van der Waals surface area contributed by atoms with Crippen LogP contribution in [0.1, 0.15) is 18.4 Å². The maximum atomic E-state index is 13.0. The summed E-state index contributed by atoms with van der Waals surface area (Å²) < 4.78 is 24.2. The van der Waals surface area contributed by atoms with Gasteiger partial charge in [0.2, 0.25) is 5.91 Å². The third kappa shape index (κ3) is 5.63. The highest BCUT2D eigenvalue weighted by Crippen LogP contribution is 2.24. The molecule has 3 aromatic rings. The minimum Gasteiger partial charge on any atom is -0.489 e. The number of nitrogens with one attached hydrogen (secondary N) is 1. The van der Waals surface area contributed by atoms with Crippen molar-refractivity contribution < 1.29 is 23.5 Å². The van der Waals surface area contributed by atoms with Gasteiger partial charge in [-0.25, -0.2) is 4.39 Å². The quantitative estimate of drug-likeness (QED) is 0.565. The molecule has 1 aliphatic rings. The van der Waals surface area contributed by atoms with Crippen LogP contribution in [0.4, 0.5) is 15.8 Å². The van der Waals surface area contributed by atoms with Gasteiger partial charge in [0.15, 0.2) is 6.61 Å². The highest BCUT2D eigenvalue weighted by Gasteiger charge is 2.21. The molecule has 1 heterocycles. The summed E-state index contributed by atoms with van der Waals surface area (Å²) >= 11 is 0. The van der Waals surface area contributed by atoms with Gasteiger partial charge in [-0.3, -0.25) is 9.59 Å². The van der Waals surface area contributed by atoms with Crippen molar-refractivity contribution in [2.24, 2.45) is 0 Å². The molecule has 0 unspecified atom stereocenters. The molecular weight excluding hydrogens is 411 g/mol. The van der Waals surface area contributed by atoms with Crippen LogP contribution >= 0.6 is 0 Å². The van der Waals surface area contributed by atoms with Gasteiger partial charge < -0.3 is 19.7 Å². The molecule has 0 saturated carbocycles. The van der Waals surface area contributed by atoms with Gasteiger partial charge in [-0.1, -0.05) is 18.2 Å². The summed E-state index contributed by atoms with van der Waals surface area (Å²) in [5, 5.41) is 2.77. The fraction of sp³-hybridized carbons (Fsp3) is 0.200. The van der Waals surface area contributed by atoms with Crippen LogP contribution in [0.25, 0.3) is 0 Å². The molecule has 3 aromatic carbocycles. The Hall–Kier alpha value is -3.87. The number of hydrogen-bond donors (Lipinski definition) is 1. The van der Waals surface area contributed by atoms with E-state index in [1.807, 2.05) is 12.1 Å². The molecule has 1 saturated heterocycles. The molecule has 0 spiro atoms. The molecule has 2 amide bonds. The number of ether oxygens (including phenoxy) is 2. The summed E-state index contributed by atoms with van der Waals surface area (Å²) in [5.41, 5.74) is 2.26. The normalized spacial score (nSPS) is 13.2. The zero-order chi connectivity index (χ0) is 22.3. The Morgan fingerprint density at radius 1 is 0.969 bits per heavy atom. The number of halogens is 1. The molecule has 0 bridgehead atoms. The summed E-state index contributed by atoms with van der Waals surface area (Å²) in [7, 11) is 0. The number of benzene rings is 3. The van der Waals surface area contributed by atoms with Crippen LogP contribution in [0.15, 0.2) is 72.8 Å². The second-order valence-corrected chi connectivity index (χ2v) is 7.42. The molecule has 1 N–H and O–H groups in total. The number of carbonyl (C=O) groups is 2. The summed E-state index contributed by atoms with van der Waals surface area (Å²) in [4.78, 5) is 25.8. The molecule has 1 aliphatic heterocycles. The Balaban J connectivity index is 1.26. The first-order chi connectivity index (χ1) is 15.6. The van der Waals surface area contributed by atoms with Crippen LogP contribution in [-0.4, -0.2) is 25.0 Å². The van der Waals surface area contributed by atoms with Crippen LogP contribution in [0.2, 0.25) is 0 Å². The Morgan fingerprint density at radius 2 is 1.75 bits per heavy atom. The molecule has 164 valence electrons. The van der Waals surface area contributed by atoms with E-state index in [1.165, 1.54) is 12.1 Å². The van der Waals surface area contributed by atoms with E-state index in [1.54, 1.807) is 53.4 Å². The van der Waals surface area contributed by atoms with Gasteiger partial charge in [0.1, 0.15) is 23.9 Å². The minimum absolute atomic E-state index is 0.127. The Morgan fingerprint density at radius 3 is 2.47 bits per heavy atom. The van der Waals surface area contributed by atoms with E-state index >= 15 is 0 Å². The van der Waals surface area contributed by atoms with Crippen molar-refractivity contribution in [3.8, 4) is 11.5 Å².